The lowest BCUT2D eigenvalue weighted by Gasteiger charge is -1.99. The highest BCUT2D eigenvalue weighted by molar-refractivity contribution is 7.17. The number of ketones is 1. The van der Waals surface area contributed by atoms with Gasteiger partial charge in [0.15, 0.2) is 5.78 Å². The molecule has 2 aromatic heterocycles. The highest BCUT2D eigenvalue weighted by Gasteiger charge is 2.06. The number of Topliss-reactive ketones (excluding diaryl/α,β-unsaturated/α-hetero) is 1. The maximum Gasteiger partial charge on any atom is 0.250 e. The van der Waals surface area contributed by atoms with Crippen molar-refractivity contribution in [2.45, 2.75) is 6.92 Å². The fraction of sp³-hybridized carbons (Fsp3) is 0.167. The summed E-state index contributed by atoms with van der Waals surface area (Å²) in [5.41, 5.74) is 0.816. The van der Waals surface area contributed by atoms with E-state index in [0.717, 1.165) is 15.3 Å². The van der Waals surface area contributed by atoms with Crippen molar-refractivity contribution >= 4 is 17.1 Å². The van der Waals surface area contributed by atoms with Crippen molar-refractivity contribution in [2.75, 3.05) is 0 Å². The van der Waals surface area contributed by atoms with Crippen LogP contribution in [0.15, 0.2) is 35.3 Å². The number of nitrogens with zero attached hydrogens (tertiary/aromatic N) is 1. The van der Waals surface area contributed by atoms with E-state index in [1.54, 1.807) is 32.3 Å². The highest BCUT2D eigenvalue weighted by atomic mass is 32.1. The Labute approximate surface area is 97.0 Å². The Hall–Kier alpha value is -1.68. The predicted octanol–water partition coefficient (Wildman–Crippen LogP) is 2.32. The van der Waals surface area contributed by atoms with Crippen LogP contribution >= 0.6 is 11.3 Å². The Morgan fingerprint density at radius 3 is 2.62 bits per heavy atom. The molecule has 0 N–H and O–H groups in total. The van der Waals surface area contributed by atoms with E-state index in [0.29, 0.717) is 0 Å². The molecule has 0 radical (unpaired) electrons. The van der Waals surface area contributed by atoms with Crippen molar-refractivity contribution in [1.29, 1.82) is 0 Å². The number of aromatic nitrogens is 1. The molecule has 16 heavy (non-hydrogen) atoms. The third-order valence-corrected chi connectivity index (χ3v) is 3.58. The number of hydrogen-bond donors (Lipinski definition) is 0. The maximum absolute atomic E-state index is 11.5. The summed E-state index contributed by atoms with van der Waals surface area (Å²) in [6, 6.07) is 7.11. The van der Waals surface area contributed by atoms with Gasteiger partial charge >= 0.3 is 0 Å². The molecule has 0 bridgehead atoms. The summed E-state index contributed by atoms with van der Waals surface area (Å²) in [7, 11) is 1.71. The summed E-state index contributed by atoms with van der Waals surface area (Å²) in [5, 5.41) is 0. The normalized spacial score (nSPS) is 10.4. The molecule has 0 unspecified atom stereocenters. The van der Waals surface area contributed by atoms with Crippen LogP contribution in [0.1, 0.15) is 16.6 Å². The van der Waals surface area contributed by atoms with Gasteiger partial charge < -0.3 is 4.57 Å². The van der Waals surface area contributed by atoms with Gasteiger partial charge in [-0.25, -0.2) is 0 Å². The quantitative estimate of drug-likeness (QED) is 0.747. The molecule has 0 fully saturated rings. The van der Waals surface area contributed by atoms with E-state index in [4.69, 9.17) is 0 Å². The van der Waals surface area contributed by atoms with Crippen LogP contribution < -0.4 is 5.56 Å². The van der Waals surface area contributed by atoms with Crippen LogP contribution in [0, 0.1) is 0 Å². The molecule has 0 saturated carbocycles. The average Bonchev–Trinajstić information content (AvgIpc) is 2.71. The minimum Gasteiger partial charge on any atom is -0.319 e. The standard InChI is InChI=1S/C12H11NO2S/c1-8(14)10-3-4-11(16-10)9-5-6-13(2)12(15)7-9/h3-7H,1-2H3. The summed E-state index contributed by atoms with van der Waals surface area (Å²) in [4.78, 5) is 24.3. The third-order valence-electron chi connectivity index (χ3n) is 2.34. The van der Waals surface area contributed by atoms with E-state index in [2.05, 4.69) is 0 Å². The van der Waals surface area contributed by atoms with Gasteiger partial charge in [0, 0.05) is 24.2 Å². The summed E-state index contributed by atoms with van der Waals surface area (Å²) >= 11 is 1.41. The maximum atomic E-state index is 11.5. The van der Waals surface area contributed by atoms with Gasteiger partial charge in [-0.2, -0.15) is 0 Å². The summed E-state index contributed by atoms with van der Waals surface area (Å²) in [6.45, 7) is 1.54. The molecule has 0 amide bonds. The summed E-state index contributed by atoms with van der Waals surface area (Å²) in [5.74, 6) is 0.0556. The monoisotopic (exact) mass is 233 g/mol. The number of hydrogen-bond acceptors (Lipinski definition) is 3. The van der Waals surface area contributed by atoms with E-state index in [1.807, 2.05) is 12.1 Å². The molecule has 4 heteroatoms. The Morgan fingerprint density at radius 1 is 1.31 bits per heavy atom. The molecule has 82 valence electrons. The Balaban J connectivity index is 2.46. The molecule has 0 spiro atoms. The van der Waals surface area contributed by atoms with E-state index in [9.17, 15) is 9.59 Å². The molecule has 0 aliphatic carbocycles. The fourth-order valence-electron chi connectivity index (χ4n) is 1.38. The van der Waals surface area contributed by atoms with Gasteiger partial charge in [0.05, 0.1) is 4.88 Å². The Morgan fingerprint density at radius 2 is 2.06 bits per heavy atom. The van der Waals surface area contributed by atoms with Crippen LogP contribution in [0.4, 0.5) is 0 Å². The summed E-state index contributed by atoms with van der Waals surface area (Å²) < 4.78 is 1.52. The van der Waals surface area contributed by atoms with Gasteiger partial charge in [-0.1, -0.05) is 0 Å². The topological polar surface area (TPSA) is 39.1 Å². The SMILES string of the molecule is CC(=O)c1ccc(-c2ccn(C)c(=O)c2)s1. The highest BCUT2D eigenvalue weighted by Crippen LogP contribution is 2.27. The summed E-state index contributed by atoms with van der Waals surface area (Å²) in [6.07, 6.45) is 1.73. The first-order valence-corrected chi connectivity index (χ1v) is 5.67. The van der Waals surface area contributed by atoms with Gasteiger partial charge in [0.1, 0.15) is 0 Å². The fourth-order valence-corrected chi connectivity index (χ4v) is 2.28. The first-order valence-electron chi connectivity index (χ1n) is 4.86. The number of rotatable bonds is 2. The van der Waals surface area contributed by atoms with Crippen molar-refractivity contribution in [3.8, 4) is 10.4 Å². The zero-order valence-electron chi connectivity index (χ0n) is 9.06. The molecule has 0 aromatic carbocycles. The van der Waals surface area contributed by atoms with Crippen LogP contribution in [0.25, 0.3) is 10.4 Å². The van der Waals surface area contributed by atoms with Crippen molar-refractivity contribution in [1.82, 2.24) is 4.57 Å². The van der Waals surface area contributed by atoms with Crippen molar-refractivity contribution in [3.05, 3.63) is 45.7 Å². The lowest BCUT2D eigenvalue weighted by atomic mass is 10.2. The second-order valence-corrected chi connectivity index (χ2v) is 4.67. The van der Waals surface area contributed by atoms with Gasteiger partial charge in [-0.15, -0.1) is 11.3 Å². The molecule has 2 aromatic rings. The smallest absolute Gasteiger partial charge is 0.250 e. The molecular weight excluding hydrogens is 222 g/mol. The third kappa shape index (κ3) is 1.97. The molecule has 0 atom stereocenters. The first kappa shape index (κ1) is 10.8. The van der Waals surface area contributed by atoms with Crippen molar-refractivity contribution in [3.63, 3.8) is 0 Å². The number of aryl methyl sites for hydroxylation is 1. The van der Waals surface area contributed by atoms with E-state index in [-0.39, 0.29) is 11.3 Å². The van der Waals surface area contributed by atoms with E-state index < -0.39 is 0 Å². The Bertz CT molecular complexity index is 595. The average molecular weight is 233 g/mol. The van der Waals surface area contributed by atoms with Crippen molar-refractivity contribution < 1.29 is 4.79 Å². The minimum atomic E-state index is -0.0460. The molecule has 0 saturated heterocycles. The molecule has 2 heterocycles. The number of carbonyl (C=O) groups is 1. The number of pyridine rings is 1. The van der Waals surface area contributed by atoms with Crippen molar-refractivity contribution in [2.24, 2.45) is 7.05 Å². The van der Waals surface area contributed by atoms with Gasteiger partial charge in [0.25, 0.3) is 5.56 Å². The van der Waals surface area contributed by atoms with Gasteiger partial charge in [-0.05, 0) is 30.7 Å². The van der Waals surface area contributed by atoms with Crippen LogP contribution in [-0.4, -0.2) is 10.4 Å². The predicted molar refractivity (Wildman–Crippen MR) is 65.0 cm³/mol. The zero-order valence-corrected chi connectivity index (χ0v) is 9.88. The second-order valence-electron chi connectivity index (χ2n) is 3.58. The number of thiophene rings is 1. The van der Waals surface area contributed by atoms with E-state index in [1.165, 1.54) is 15.9 Å². The first-order chi connectivity index (χ1) is 7.58. The van der Waals surface area contributed by atoms with Crippen LogP contribution in [0.3, 0.4) is 0 Å². The van der Waals surface area contributed by atoms with Gasteiger partial charge in [-0.3, -0.25) is 9.59 Å². The van der Waals surface area contributed by atoms with Crippen LogP contribution in [0.5, 0.6) is 0 Å². The minimum absolute atomic E-state index is 0.0460. The van der Waals surface area contributed by atoms with Crippen LogP contribution in [-0.2, 0) is 7.05 Å². The number of carbonyl (C=O) groups excluding carboxylic acids is 1. The molecule has 3 nitrogen and oxygen atoms in total. The largest absolute Gasteiger partial charge is 0.319 e. The Kier molecular flexibility index (Phi) is 2.75. The lowest BCUT2D eigenvalue weighted by molar-refractivity contribution is 0.102. The zero-order chi connectivity index (χ0) is 11.7. The van der Waals surface area contributed by atoms with Crippen LogP contribution in [0.2, 0.25) is 0 Å². The molecule has 0 aliphatic rings. The second kappa shape index (κ2) is 4.06. The lowest BCUT2D eigenvalue weighted by Crippen LogP contribution is -2.13. The molecule has 0 aliphatic heterocycles. The molecular formula is C12H11NO2S. The van der Waals surface area contributed by atoms with Gasteiger partial charge in [0.2, 0.25) is 0 Å². The van der Waals surface area contributed by atoms with E-state index >= 15 is 0 Å². The molecule has 2 rings (SSSR count).